The van der Waals surface area contributed by atoms with Gasteiger partial charge in [0.2, 0.25) is 0 Å². The van der Waals surface area contributed by atoms with Crippen molar-refractivity contribution in [3.8, 4) is 17.6 Å². The first kappa shape index (κ1) is 21.3. The van der Waals surface area contributed by atoms with Crippen molar-refractivity contribution in [3.05, 3.63) is 59.8 Å². The summed E-state index contributed by atoms with van der Waals surface area (Å²) in [5.74, 6) is 0.0609. The Labute approximate surface area is 168 Å². The standard InChI is InChI=1S/C21H21N3O5/c1-4-29-21(26)14-5-7-16(8-6-14)24-20(25)15(12-22)13-23-18-11-17(27-2)9-10-19(18)28-3/h5-11,13,23H,4H2,1-3H3,(H,24,25)/b15-13-. The van der Waals surface area contributed by atoms with E-state index in [9.17, 15) is 14.9 Å². The zero-order chi connectivity index (χ0) is 21.2. The molecular weight excluding hydrogens is 374 g/mol. The first-order valence-electron chi connectivity index (χ1n) is 8.69. The van der Waals surface area contributed by atoms with E-state index in [-0.39, 0.29) is 12.2 Å². The summed E-state index contributed by atoms with van der Waals surface area (Å²) in [6.07, 6.45) is 1.28. The lowest BCUT2D eigenvalue weighted by atomic mass is 10.2. The summed E-state index contributed by atoms with van der Waals surface area (Å²) in [4.78, 5) is 24.0. The van der Waals surface area contributed by atoms with Gasteiger partial charge in [0, 0.05) is 18.0 Å². The minimum atomic E-state index is -0.606. The van der Waals surface area contributed by atoms with Gasteiger partial charge < -0.3 is 24.8 Å². The van der Waals surface area contributed by atoms with Crippen LogP contribution in [0.4, 0.5) is 11.4 Å². The second kappa shape index (κ2) is 10.4. The fourth-order valence-electron chi connectivity index (χ4n) is 2.33. The number of ether oxygens (including phenoxy) is 3. The number of amides is 1. The fraction of sp³-hybridized carbons (Fsp3) is 0.190. The number of rotatable bonds is 8. The molecule has 0 heterocycles. The summed E-state index contributed by atoms with van der Waals surface area (Å²) in [5.41, 5.74) is 1.19. The minimum Gasteiger partial charge on any atom is -0.497 e. The molecule has 2 aromatic rings. The molecule has 0 saturated carbocycles. The fourth-order valence-corrected chi connectivity index (χ4v) is 2.33. The zero-order valence-electron chi connectivity index (χ0n) is 16.3. The largest absolute Gasteiger partial charge is 0.497 e. The number of anilines is 2. The molecule has 0 spiro atoms. The van der Waals surface area contributed by atoms with Gasteiger partial charge in [-0.15, -0.1) is 0 Å². The topological polar surface area (TPSA) is 110 Å². The van der Waals surface area contributed by atoms with Gasteiger partial charge in [-0.2, -0.15) is 5.26 Å². The van der Waals surface area contributed by atoms with E-state index in [0.29, 0.717) is 28.4 Å². The van der Waals surface area contributed by atoms with Crippen molar-refractivity contribution in [2.75, 3.05) is 31.5 Å². The maximum Gasteiger partial charge on any atom is 0.338 e. The van der Waals surface area contributed by atoms with Crippen molar-refractivity contribution >= 4 is 23.3 Å². The van der Waals surface area contributed by atoms with Crippen molar-refractivity contribution in [1.29, 1.82) is 5.26 Å². The molecule has 0 aliphatic heterocycles. The van der Waals surface area contributed by atoms with E-state index in [1.165, 1.54) is 32.6 Å². The molecule has 0 unspecified atom stereocenters. The van der Waals surface area contributed by atoms with Crippen LogP contribution in [0, 0.1) is 11.3 Å². The summed E-state index contributed by atoms with van der Waals surface area (Å²) in [6, 6.07) is 13.1. The highest BCUT2D eigenvalue weighted by Crippen LogP contribution is 2.29. The first-order chi connectivity index (χ1) is 14.0. The molecule has 0 radical (unpaired) electrons. The number of carbonyl (C=O) groups excluding carboxylic acids is 2. The Morgan fingerprint density at radius 3 is 2.41 bits per heavy atom. The Bertz CT molecular complexity index is 946. The average Bonchev–Trinajstić information content (AvgIpc) is 2.74. The molecule has 0 aliphatic rings. The number of nitrogens with zero attached hydrogens (tertiary/aromatic N) is 1. The van der Waals surface area contributed by atoms with Gasteiger partial charge in [0.1, 0.15) is 23.1 Å². The van der Waals surface area contributed by atoms with E-state index in [4.69, 9.17) is 14.2 Å². The third-order valence-corrected chi connectivity index (χ3v) is 3.80. The monoisotopic (exact) mass is 395 g/mol. The molecule has 8 heteroatoms. The first-order valence-corrected chi connectivity index (χ1v) is 8.69. The third kappa shape index (κ3) is 5.74. The minimum absolute atomic E-state index is 0.149. The lowest BCUT2D eigenvalue weighted by Crippen LogP contribution is -2.15. The molecule has 0 aliphatic carbocycles. The van der Waals surface area contributed by atoms with Crippen molar-refractivity contribution in [2.24, 2.45) is 0 Å². The molecule has 29 heavy (non-hydrogen) atoms. The van der Waals surface area contributed by atoms with Crippen molar-refractivity contribution in [3.63, 3.8) is 0 Å². The van der Waals surface area contributed by atoms with E-state index in [1.54, 1.807) is 37.3 Å². The maximum atomic E-state index is 12.4. The number of carbonyl (C=O) groups is 2. The summed E-state index contributed by atoms with van der Waals surface area (Å²) in [7, 11) is 3.04. The lowest BCUT2D eigenvalue weighted by molar-refractivity contribution is -0.112. The molecule has 0 fully saturated rings. The molecule has 1 amide bonds. The Morgan fingerprint density at radius 1 is 1.10 bits per heavy atom. The van der Waals surface area contributed by atoms with Crippen LogP contribution < -0.4 is 20.1 Å². The average molecular weight is 395 g/mol. The van der Waals surface area contributed by atoms with Crippen LogP contribution in [0.5, 0.6) is 11.5 Å². The SMILES string of the molecule is CCOC(=O)c1ccc(NC(=O)/C(C#N)=C\Nc2cc(OC)ccc2OC)cc1. The molecule has 0 saturated heterocycles. The molecule has 2 rings (SSSR count). The molecule has 2 N–H and O–H groups in total. The highest BCUT2D eigenvalue weighted by molar-refractivity contribution is 6.07. The summed E-state index contributed by atoms with van der Waals surface area (Å²) in [5, 5.41) is 14.8. The molecule has 2 aromatic carbocycles. The number of methoxy groups -OCH3 is 2. The Balaban J connectivity index is 2.11. The van der Waals surface area contributed by atoms with Crippen LogP contribution in [-0.4, -0.2) is 32.7 Å². The van der Waals surface area contributed by atoms with Gasteiger partial charge in [0.05, 0.1) is 32.1 Å². The highest BCUT2D eigenvalue weighted by atomic mass is 16.5. The van der Waals surface area contributed by atoms with Gasteiger partial charge in [-0.3, -0.25) is 4.79 Å². The lowest BCUT2D eigenvalue weighted by Gasteiger charge is -2.10. The molecule has 150 valence electrons. The van der Waals surface area contributed by atoms with Gasteiger partial charge in [0.25, 0.3) is 5.91 Å². The maximum absolute atomic E-state index is 12.4. The number of nitrogens with one attached hydrogen (secondary N) is 2. The van der Waals surface area contributed by atoms with E-state index >= 15 is 0 Å². The van der Waals surface area contributed by atoms with E-state index < -0.39 is 11.9 Å². The summed E-state index contributed by atoms with van der Waals surface area (Å²) in [6.45, 7) is 2.00. The molecule has 0 aromatic heterocycles. The molecule has 0 atom stereocenters. The molecular formula is C21H21N3O5. The second-order valence-electron chi connectivity index (χ2n) is 5.63. The van der Waals surface area contributed by atoms with Gasteiger partial charge >= 0.3 is 5.97 Å². The summed E-state index contributed by atoms with van der Waals surface area (Å²) < 4.78 is 15.3. The quantitative estimate of drug-likeness (QED) is 0.401. The van der Waals surface area contributed by atoms with Crippen molar-refractivity contribution in [2.45, 2.75) is 6.92 Å². The van der Waals surface area contributed by atoms with Gasteiger partial charge in [-0.25, -0.2) is 4.79 Å². The van der Waals surface area contributed by atoms with Crippen LogP contribution in [0.1, 0.15) is 17.3 Å². The van der Waals surface area contributed by atoms with Crippen LogP contribution in [0.15, 0.2) is 54.2 Å². The number of hydrogen-bond acceptors (Lipinski definition) is 7. The van der Waals surface area contributed by atoms with Gasteiger partial charge in [0.15, 0.2) is 0 Å². The molecule has 0 bridgehead atoms. The normalized spacial score (nSPS) is 10.5. The molecule has 8 nitrogen and oxygen atoms in total. The predicted octanol–water partition coefficient (Wildman–Crippen LogP) is 3.34. The van der Waals surface area contributed by atoms with Gasteiger partial charge in [-0.05, 0) is 43.3 Å². The third-order valence-electron chi connectivity index (χ3n) is 3.80. The van der Waals surface area contributed by atoms with Crippen LogP contribution >= 0.6 is 0 Å². The smallest absolute Gasteiger partial charge is 0.338 e. The number of esters is 1. The van der Waals surface area contributed by atoms with Crippen LogP contribution in [0.2, 0.25) is 0 Å². The van der Waals surface area contributed by atoms with Gasteiger partial charge in [-0.1, -0.05) is 0 Å². The second-order valence-corrected chi connectivity index (χ2v) is 5.63. The Kier molecular flexibility index (Phi) is 7.62. The summed E-state index contributed by atoms with van der Waals surface area (Å²) >= 11 is 0. The number of hydrogen-bond donors (Lipinski definition) is 2. The Morgan fingerprint density at radius 2 is 1.83 bits per heavy atom. The highest BCUT2D eigenvalue weighted by Gasteiger charge is 2.12. The number of benzene rings is 2. The van der Waals surface area contributed by atoms with Crippen LogP contribution in [-0.2, 0) is 9.53 Å². The van der Waals surface area contributed by atoms with Crippen molar-refractivity contribution in [1.82, 2.24) is 0 Å². The van der Waals surface area contributed by atoms with E-state index in [1.807, 2.05) is 6.07 Å². The zero-order valence-corrected chi connectivity index (χ0v) is 16.3. The van der Waals surface area contributed by atoms with Crippen molar-refractivity contribution < 1.29 is 23.8 Å². The van der Waals surface area contributed by atoms with Crippen LogP contribution in [0.25, 0.3) is 0 Å². The predicted molar refractivity (Wildman–Crippen MR) is 108 cm³/mol. The Hall–Kier alpha value is -3.99. The van der Waals surface area contributed by atoms with Crippen LogP contribution in [0.3, 0.4) is 0 Å². The van der Waals surface area contributed by atoms with E-state index in [0.717, 1.165) is 0 Å². The van der Waals surface area contributed by atoms with E-state index in [2.05, 4.69) is 10.6 Å². The number of nitriles is 1.